The van der Waals surface area contributed by atoms with Gasteiger partial charge in [0.25, 0.3) is 5.91 Å². The molecule has 2 aromatic heterocycles. The van der Waals surface area contributed by atoms with E-state index in [4.69, 9.17) is 0 Å². The third-order valence-electron chi connectivity index (χ3n) is 4.55. The molecule has 0 saturated heterocycles. The molecular weight excluding hydrogens is 274 g/mol. The molecule has 0 atom stereocenters. The van der Waals surface area contributed by atoms with Crippen LogP contribution >= 0.6 is 0 Å². The summed E-state index contributed by atoms with van der Waals surface area (Å²) < 4.78 is 0. The van der Waals surface area contributed by atoms with E-state index < -0.39 is 0 Å². The van der Waals surface area contributed by atoms with Crippen LogP contribution < -0.4 is 5.32 Å². The molecule has 0 unspecified atom stereocenters. The smallest absolute Gasteiger partial charge is 0.267 e. The van der Waals surface area contributed by atoms with Gasteiger partial charge in [-0.15, -0.1) is 0 Å². The van der Waals surface area contributed by atoms with Gasteiger partial charge in [0.05, 0.1) is 11.0 Å². The first kappa shape index (κ1) is 13.3. The minimum Gasteiger partial charge on any atom is -0.349 e. The number of pyridine rings is 1. The number of hydrogen-bond donors (Lipinski definition) is 2. The number of aromatic nitrogens is 2. The molecule has 1 fully saturated rings. The highest BCUT2D eigenvalue weighted by Crippen LogP contribution is 2.24. The minimum atomic E-state index is -0.00724. The van der Waals surface area contributed by atoms with Crippen LogP contribution in [-0.2, 0) is 0 Å². The van der Waals surface area contributed by atoms with Gasteiger partial charge in [0.15, 0.2) is 0 Å². The van der Waals surface area contributed by atoms with Crippen molar-refractivity contribution in [3.8, 4) is 0 Å². The van der Waals surface area contributed by atoms with Crippen molar-refractivity contribution in [2.75, 3.05) is 0 Å². The summed E-state index contributed by atoms with van der Waals surface area (Å²) in [4.78, 5) is 20.1. The molecule has 0 spiro atoms. The lowest BCUT2D eigenvalue weighted by Crippen LogP contribution is -2.36. The summed E-state index contributed by atoms with van der Waals surface area (Å²) >= 11 is 0. The van der Waals surface area contributed by atoms with Crippen molar-refractivity contribution in [3.63, 3.8) is 0 Å². The average Bonchev–Trinajstić information content (AvgIpc) is 3.00. The zero-order valence-corrected chi connectivity index (χ0v) is 12.4. The summed E-state index contributed by atoms with van der Waals surface area (Å²) in [6, 6.07) is 10.3. The van der Waals surface area contributed by atoms with Crippen molar-refractivity contribution >= 4 is 27.7 Å². The first-order valence-corrected chi connectivity index (χ1v) is 7.98. The normalized spacial score (nSPS) is 16.2. The molecule has 4 nitrogen and oxygen atoms in total. The second kappa shape index (κ2) is 5.44. The summed E-state index contributed by atoms with van der Waals surface area (Å²) in [6.07, 6.45) is 7.69. The lowest BCUT2D eigenvalue weighted by Gasteiger charge is -2.22. The summed E-state index contributed by atoms with van der Waals surface area (Å²) in [5.41, 5.74) is 2.47. The van der Waals surface area contributed by atoms with Crippen molar-refractivity contribution in [3.05, 3.63) is 42.2 Å². The quantitative estimate of drug-likeness (QED) is 0.755. The molecule has 3 aromatic rings. The van der Waals surface area contributed by atoms with Gasteiger partial charge in [0, 0.05) is 23.0 Å². The maximum atomic E-state index is 12.5. The molecule has 4 rings (SSSR count). The molecule has 2 N–H and O–H groups in total. The number of fused-ring (bicyclic) bond motifs is 3. The Hall–Kier alpha value is -2.36. The molecule has 4 heteroatoms. The van der Waals surface area contributed by atoms with E-state index in [9.17, 15) is 4.79 Å². The monoisotopic (exact) mass is 293 g/mol. The Morgan fingerprint density at radius 2 is 1.95 bits per heavy atom. The molecule has 0 radical (unpaired) electrons. The Morgan fingerprint density at radius 1 is 1.14 bits per heavy atom. The van der Waals surface area contributed by atoms with Gasteiger partial charge in [0.2, 0.25) is 0 Å². The third kappa shape index (κ3) is 2.34. The Kier molecular flexibility index (Phi) is 3.29. The van der Waals surface area contributed by atoms with Crippen LogP contribution in [-0.4, -0.2) is 21.9 Å². The number of hydrogen-bond acceptors (Lipinski definition) is 2. The van der Waals surface area contributed by atoms with E-state index >= 15 is 0 Å². The number of benzene rings is 1. The molecule has 1 amide bonds. The van der Waals surface area contributed by atoms with Crippen LogP contribution in [0.4, 0.5) is 0 Å². The fourth-order valence-electron chi connectivity index (χ4n) is 3.37. The second-order valence-electron chi connectivity index (χ2n) is 6.10. The molecule has 0 aliphatic heterocycles. The van der Waals surface area contributed by atoms with Crippen molar-refractivity contribution in [1.29, 1.82) is 0 Å². The molecule has 1 aliphatic carbocycles. The van der Waals surface area contributed by atoms with Crippen molar-refractivity contribution in [1.82, 2.24) is 15.3 Å². The average molecular weight is 293 g/mol. The van der Waals surface area contributed by atoms with Crippen LogP contribution in [0, 0.1) is 0 Å². The molecule has 1 aliphatic rings. The largest absolute Gasteiger partial charge is 0.349 e. The lowest BCUT2D eigenvalue weighted by atomic mass is 9.95. The van der Waals surface area contributed by atoms with E-state index in [2.05, 4.69) is 15.3 Å². The van der Waals surface area contributed by atoms with Gasteiger partial charge < -0.3 is 10.3 Å². The Bertz CT molecular complexity index is 831. The van der Waals surface area contributed by atoms with E-state index in [-0.39, 0.29) is 5.91 Å². The highest BCUT2D eigenvalue weighted by molar-refractivity contribution is 6.07. The number of amides is 1. The highest BCUT2D eigenvalue weighted by Gasteiger charge is 2.18. The van der Waals surface area contributed by atoms with E-state index in [1.165, 1.54) is 19.3 Å². The van der Waals surface area contributed by atoms with Gasteiger partial charge in [-0.2, -0.15) is 0 Å². The summed E-state index contributed by atoms with van der Waals surface area (Å²) in [7, 11) is 0. The molecule has 0 bridgehead atoms. The topological polar surface area (TPSA) is 57.8 Å². The fraction of sp³-hybridized carbons (Fsp3) is 0.333. The SMILES string of the molecule is O=C(NC1CCCCC1)c1cc2ccc3cccnc3c2[nH]1. The highest BCUT2D eigenvalue weighted by atomic mass is 16.1. The number of carbonyl (C=O) groups excluding carboxylic acids is 1. The maximum absolute atomic E-state index is 12.5. The van der Waals surface area contributed by atoms with Crippen LogP contribution in [0.1, 0.15) is 42.6 Å². The van der Waals surface area contributed by atoms with Gasteiger partial charge >= 0.3 is 0 Å². The number of rotatable bonds is 2. The summed E-state index contributed by atoms with van der Waals surface area (Å²) in [6.45, 7) is 0. The Morgan fingerprint density at radius 3 is 2.82 bits per heavy atom. The summed E-state index contributed by atoms with van der Waals surface area (Å²) in [5, 5.41) is 5.26. The van der Waals surface area contributed by atoms with Crippen LogP contribution in [0.3, 0.4) is 0 Å². The maximum Gasteiger partial charge on any atom is 0.267 e. The first-order chi connectivity index (χ1) is 10.8. The number of aromatic amines is 1. The number of nitrogens with zero attached hydrogens (tertiary/aromatic N) is 1. The number of H-pyrrole nitrogens is 1. The molecular formula is C18H19N3O. The second-order valence-corrected chi connectivity index (χ2v) is 6.10. The van der Waals surface area contributed by atoms with Crippen molar-refractivity contribution in [2.24, 2.45) is 0 Å². The molecule has 1 aromatic carbocycles. The van der Waals surface area contributed by atoms with Gasteiger partial charge in [-0.3, -0.25) is 9.78 Å². The third-order valence-corrected chi connectivity index (χ3v) is 4.55. The number of nitrogens with one attached hydrogen (secondary N) is 2. The zero-order chi connectivity index (χ0) is 14.9. The van der Waals surface area contributed by atoms with Gasteiger partial charge in [-0.05, 0) is 25.0 Å². The van der Waals surface area contributed by atoms with Gasteiger partial charge in [-0.1, -0.05) is 37.5 Å². The van der Waals surface area contributed by atoms with E-state index in [1.807, 2.05) is 30.3 Å². The predicted octanol–water partition coefficient (Wildman–Crippen LogP) is 3.78. The molecule has 22 heavy (non-hydrogen) atoms. The predicted molar refractivity (Wildman–Crippen MR) is 87.9 cm³/mol. The summed E-state index contributed by atoms with van der Waals surface area (Å²) in [5.74, 6) is -0.00724. The molecule has 2 heterocycles. The number of carbonyl (C=O) groups is 1. The molecule has 1 saturated carbocycles. The molecule has 112 valence electrons. The van der Waals surface area contributed by atoms with Crippen molar-refractivity contribution < 1.29 is 4.79 Å². The Balaban J connectivity index is 1.67. The van der Waals surface area contributed by atoms with Crippen LogP contribution in [0.25, 0.3) is 21.8 Å². The minimum absolute atomic E-state index is 0.00724. The van der Waals surface area contributed by atoms with Crippen LogP contribution in [0.15, 0.2) is 36.5 Å². The standard InChI is InChI=1S/C18H19N3O/c22-18(20-14-6-2-1-3-7-14)15-11-13-9-8-12-5-4-10-19-16(12)17(13)21-15/h4-5,8-11,14,21H,1-3,6-7H2,(H,20,22). The van der Waals surface area contributed by atoms with E-state index in [0.29, 0.717) is 11.7 Å². The fourth-order valence-corrected chi connectivity index (χ4v) is 3.37. The Labute approximate surface area is 128 Å². The van der Waals surface area contributed by atoms with E-state index in [1.54, 1.807) is 6.20 Å². The van der Waals surface area contributed by atoms with Gasteiger partial charge in [-0.25, -0.2) is 0 Å². The van der Waals surface area contributed by atoms with Crippen LogP contribution in [0.2, 0.25) is 0 Å². The first-order valence-electron chi connectivity index (χ1n) is 7.98. The lowest BCUT2D eigenvalue weighted by molar-refractivity contribution is 0.0923. The zero-order valence-electron chi connectivity index (χ0n) is 12.4. The van der Waals surface area contributed by atoms with Crippen LogP contribution in [0.5, 0.6) is 0 Å². The van der Waals surface area contributed by atoms with E-state index in [0.717, 1.165) is 34.6 Å². The van der Waals surface area contributed by atoms with Gasteiger partial charge in [0.1, 0.15) is 5.69 Å². The van der Waals surface area contributed by atoms with Crippen molar-refractivity contribution in [2.45, 2.75) is 38.1 Å².